The predicted molar refractivity (Wildman–Crippen MR) is 95.8 cm³/mol. The maximum absolute atomic E-state index is 12.3. The fraction of sp³-hybridized carbons (Fsp3) is 0.600. The summed E-state index contributed by atoms with van der Waals surface area (Å²) in [6, 6.07) is 5.33. The monoisotopic (exact) mass is 317 g/mol. The van der Waals surface area contributed by atoms with Gasteiger partial charge in [0.05, 0.1) is 0 Å². The van der Waals surface area contributed by atoms with Gasteiger partial charge in [0.15, 0.2) is 11.6 Å². The number of nitrogens with two attached hydrogens (primary N) is 1. The third-order valence-corrected chi connectivity index (χ3v) is 4.12. The van der Waals surface area contributed by atoms with Crippen molar-refractivity contribution in [2.45, 2.75) is 66.3 Å². The minimum atomic E-state index is -0.0668. The zero-order valence-electron chi connectivity index (χ0n) is 15.0. The predicted octanol–water partition coefficient (Wildman–Crippen LogP) is 4.77. The topological polar surface area (TPSA) is 60.2 Å². The number of Topliss-reactive ketones (excluding diaryl/α,β-unsaturated/α-hetero) is 2. The van der Waals surface area contributed by atoms with Crippen LogP contribution in [0.3, 0.4) is 0 Å². The molecule has 23 heavy (non-hydrogen) atoms. The third kappa shape index (κ3) is 6.26. The van der Waals surface area contributed by atoms with Gasteiger partial charge in [-0.2, -0.15) is 0 Å². The van der Waals surface area contributed by atoms with Crippen LogP contribution < -0.4 is 5.73 Å². The molecule has 1 aromatic rings. The van der Waals surface area contributed by atoms with Crippen molar-refractivity contribution in [1.82, 2.24) is 0 Å². The van der Waals surface area contributed by atoms with Gasteiger partial charge in [0.25, 0.3) is 0 Å². The van der Waals surface area contributed by atoms with Gasteiger partial charge in [-0.3, -0.25) is 9.59 Å². The highest BCUT2D eigenvalue weighted by molar-refractivity contribution is 6.01. The van der Waals surface area contributed by atoms with E-state index in [1.165, 1.54) is 12.8 Å². The van der Waals surface area contributed by atoms with E-state index in [1.54, 1.807) is 18.2 Å². The molecule has 0 aliphatic heterocycles. The van der Waals surface area contributed by atoms with E-state index in [4.69, 9.17) is 5.73 Å². The van der Waals surface area contributed by atoms with Crippen LogP contribution in [0.4, 0.5) is 0 Å². The Morgan fingerprint density at radius 3 is 2.30 bits per heavy atom. The second-order valence-corrected chi connectivity index (χ2v) is 7.01. The normalized spacial score (nSPS) is 11.3. The molecule has 0 amide bonds. The van der Waals surface area contributed by atoms with Crippen molar-refractivity contribution in [3.63, 3.8) is 0 Å². The molecule has 3 heteroatoms. The Labute approximate surface area is 140 Å². The summed E-state index contributed by atoms with van der Waals surface area (Å²) in [6.07, 6.45) is 4.99. The molecule has 128 valence electrons. The molecule has 0 aliphatic rings. The summed E-state index contributed by atoms with van der Waals surface area (Å²) in [5.41, 5.74) is 7.86. The van der Waals surface area contributed by atoms with Gasteiger partial charge in [-0.05, 0) is 24.0 Å². The van der Waals surface area contributed by atoms with Crippen molar-refractivity contribution >= 4 is 11.6 Å². The maximum Gasteiger partial charge on any atom is 0.165 e. The Hall–Kier alpha value is -1.48. The summed E-state index contributed by atoms with van der Waals surface area (Å²) < 4.78 is 0. The highest BCUT2D eigenvalue weighted by Gasteiger charge is 2.16. The van der Waals surface area contributed by atoms with E-state index in [9.17, 15) is 9.59 Å². The lowest BCUT2D eigenvalue weighted by atomic mass is 9.93. The molecule has 2 N–H and O–H groups in total. The molecule has 1 rings (SSSR count). The number of hydrogen-bond acceptors (Lipinski definition) is 3. The summed E-state index contributed by atoms with van der Waals surface area (Å²) in [5, 5.41) is 0. The van der Waals surface area contributed by atoms with Gasteiger partial charge in [0, 0.05) is 30.0 Å². The smallest absolute Gasteiger partial charge is 0.165 e. The van der Waals surface area contributed by atoms with E-state index in [0.29, 0.717) is 17.5 Å². The number of unbranched alkanes of at least 4 members (excludes halogenated alkanes) is 2. The highest BCUT2D eigenvalue weighted by atomic mass is 16.1. The van der Waals surface area contributed by atoms with E-state index >= 15 is 0 Å². The van der Waals surface area contributed by atoms with Crippen molar-refractivity contribution in [2.24, 2.45) is 17.6 Å². The first-order chi connectivity index (χ1) is 10.9. The number of benzene rings is 1. The molecule has 0 heterocycles. The van der Waals surface area contributed by atoms with Crippen LogP contribution in [0, 0.1) is 11.8 Å². The van der Waals surface area contributed by atoms with Gasteiger partial charge in [0.1, 0.15) is 0 Å². The van der Waals surface area contributed by atoms with Crippen molar-refractivity contribution in [3.05, 3.63) is 34.9 Å². The summed E-state index contributed by atoms with van der Waals surface area (Å²) in [6.45, 7) is 8.47. The average molecular weight is 317 g/mol. The standard InChI is InChI=1S/C20H31NO2/c1-14(2)8-6-5-7-9-19(22)16-10-11-18(17(12-16)13-21)20(23)15(3)4/h10-12,14-15H,5-9,13,21H2,1-4H3. The summed E-state index contributed by atoms with van der Waals surface area (Å²) in [5.74, 6) is 0.887. The zero-order chi connectivity index (χ0) is 17.4. The molecular formula is C20H31NO2. The van der Waals surface area contributed by atoms with Gasteiger partial charge in [-0.15, -0.1) is 0 Å². The number of ketones is 2. The Morgan fingerprint density at radius 2 is 1.74 bits per heavy atom. The second kappa shape index (κ2) is 9.61. The fourth-order valence-electron chi connectivity index (χ4n) is 2.65. The Morgan fingerprint density at radius 1 is 1.04 bits per heavy atom. The first kappa shape index (κ1) is 19.6. The van der Waals surface area contributed by atoms with Crippen molar-refractivity contribution in [1.29, 1.82) is 0 Å². The molecule has 0 fully saturated rings. The molecule has 0 unspecified atom stereocenters. The van der Waals surface area contributed by atoms with Crippen LogP contribution in [0.5, 0.6) is 0 Å². The van der Waals surface area contributed by atoms with Crippen molar-refractivity contribution in [3.8, 4) is 0 Å². The molecule has 0 spiro atoms. The van der Waals surface area contributed by atoms with Gasteiger partial charge in [-0.1, -0.05) is 59.1 Å². The summed E-state index contributed by atoms with van der Waals surface area (Å²) >= 11 is 0. The molecular weight excluding hydrogens is 286 g/mol. The zero-order valence-corrected chi connectivity index (χ0v) is 15.0. The molecule has 0 aliphatic carbocycles. The Balaban J connectivity index is 2.66. The number of carbonyl (C=O) groups is 2. The third-order valence-electron chi connectivity index (χ3n) is 4.12. The molecule has 0 bridgehead atoms. The minimum Gasteiger partial charge on any atom is -0.326 e. The summed E-state index contributed by atoms with van der Waals surface area (Å²) in [4.78, 5) is 24.5. The average Bonchev–Trinajstić information content (AvgIpc) is 2.52. The Kier molecular flexibility index (Phi) is 8.18. The molecule has 0 aromatic heterocycles. The largest absolute Gasteiger partial charge is 0.326 e. The van der Waals surface area contributed by atoms with Crippen LogP contribution in [0.1, 0.15) is 86.1 Å². The van der Waals surface area contributed by atoms with Gasteiger partial charge >= 0.3 is 0 Å². The van der Waals surface area contributed by atoms with E-state index in [1.807, 2.05) is 13.8 Å². The molecule has 0 atom stereocenters. The van der Waals surface area contributed by atoms with Crippen LogP contribution in [0.25, 0.3) is 0 Å². The van der Waals surface area contributed by atoms with Crippen LogP contribution in [-0.4, -0.2) is 11.6 Å². The molecule has 1 aromatic carbocycles. The SMILES string of the molecule is CC(C)CCCCCC(=O)c1ccc(C(=O)C(C)C)c(CN)c1. The molecule has 0 saturated heterocycles. The minimum absolute atomic E-state index is 0.0668. The molecule has 3 nitrogen and oxygen atoms in total. The van der Waals surface area contributed by atoms with E-state index in [0.717, 1.165) is 24.3 Å². The van der Waals surface area contributed by atoms with Crippen molar-refractivity contribution < 1.29 is 9.59 Å². The van der Waals surface area contributed by atoms with Crippen LogP contribution >= 0.6 is 0 Å². The number of rotatable bonds is 10. The molecule has 0 radical (unpaired) electrons. The number of carbonyl (C=O) groups excluding carboxylic acids is 2. The fourth-order valence-corrected chi connectivity index (χ4v) is 2.65. The lowest BCUT2D eigenvalue weighted by molar-refractivity contribution is 0.0935. The number of hydrogen-bond donors (Lipinski definition) is 1. The lowest BCUT2D eigenvalue weighted by Crippen LogP contribution is -2.14. The van der Waals surface area contributed by atoms with E-state index < -0.39 is 0 Å². The van der Waals surface area contributed by atoms with E-state index in [-0.39, 0.29) is 24.0 Å². The van der Waals surface area contributed by atoms with Gasteiger partial charge in [-0.25, -0.2) is 0 Å². The van der Waals surface area contributed by atoms with Crippen LogP contribution in [-0.2, 0) is 6.54 Å². The van der Waals surface area contributed by atoms with E-state index in [2.05, 4.69) is 13.8 Å². The first-order valence-electron chi connectivity index (χ1n) is 8.77. The quantitative estimate of drug-likeness (QED) is 0.499. The second-order valence-electron chi connectivity index (χ2n) is 7.01. The molecule has 0 saturated carbocycles. The van der Waals surface area contributed by atoms with Gasteiger partial charge < -0.3 is 5.73 Å². The first-order valence-corrected chi connectivity index (χ1v) is 8.77. The summed E-state index contributed by atoms with van der Waals surface area (Å²) in [7, 11) is 0. The highest BCUT2D eigenvalue weighted by Crippen LogP contribution is 2.18. The lowest BCUT2D eigenvalue weighted by Gasteiger charge is -2.11. The van der Waals surface area contributed by atoms with Crippen LogP contribution in [0.2, 0.25) is 0 Å². The van der Waals surface area contributed by atoms with Crippen LogP contribution in [0.15, 0.2) is 18.2 Å². The maximum atomic E-state index is 12.3. The van der Waals surface area contributed by atoms with Crippen molar-refractivity contribution in [2.75, 3.05) is 0 Å². The Bertz CT molecular complexity index is 532. The van der Waals surface area contributed by atoms with Gasteiger partial charge in [0.2, 0.25) is 0 Å².